The van der Waals surface area contributed by atoms with Crippen LogP contribution in [0.1, 0.15) is 19.8 Å². The smallest absolute Gasteiger partial charge is 0.233 e. The van der Waals surface area contributed by atoms with Crippen LogP contribution in [-0.4, -0.2) is 32.1 Å². The van der Waals surface area contributed by atoms with Crippen LogP contribution in [0.3, 0.4) is 0 Å². The van der Waals surface area contributed by atoms with Crippen LogP contribution in [0, 0.1) is 0 Å². The molecule has 0 saturated carbocycles. The van der Waals surface area contributed by atoms with Gasteiger partial charge in [-0.2, -0.15) is 0 Å². The molecule has 0 aromatic rings. The molecule has 0 aliphatic carbocycles. The first kappa shape index (κ1) is 11.4. The number of rotatable bonds is 6. The van der Waals surface area contributed by atoms with Gasteiger partial charge in [-0.3, -0.25) is 4.79 Å². The van der Waals surface area contributed by atoms with E-state index >= 15 is 0 Å². The molecule has 1 amide bonds. The molecule has 0 aliphatic heterocycles. The molecule has 0 saturated heterocycles. The zero-order valence-electron chi connectivity index (χ0n) is 7.89. The second kappa shape index (κ2) is 7.06. The Balaban J connectivity index is 3.32. The SMILES string of the molecule is CNCCC[C@@H](C)NC(=O)CN. The lowest BCUT2D eigenvalue weighted by Gasteiger charge is -2.12. The molecule has 0 aromatic heterocycles. The Morgan fingerprint density at radius 1 is 1.58 bits per heavy atom. The fourth-order valence-corrected chi connectivity index (χ4v) is 0.991. The van der Waals surface area contributed by atoms with Crippen LogP contribution < -0.4 is 16.4 Å². The second-order valence-corrected chi connectivity index (χ2v) is 2.92. The van der Waals surface area contributed by atoms with Crippen LogP contribution in [0.4, 0.5) is 0 Å². The molecule has 4 heteroatoms. The normalized spacial score (nSPS) is 12.6. The lowest BCUT2D eigenvalue weighted by Crippen LogP contribution is -2.37. The number of nitrogens with two attached hydrogens (primary N) is 1. The summed E-state index contributed by atoms with van der Waals surface area (Å²) in [4.78, 5) is 10.8. The fraction of sp³-hybridized carbons (Fsp3) is 0.875. The zero-order chi connectivity index (χ0) is 9.40. The van der Waals surface area contributed by atoms with Gasteiger partial charge in [0.05, 0.1) is 6.54 Å². The van der Waals surface area contributed by atoms with Gasteiger partial charge in [-0.25, -0.2) is 0 Å². The van der Waals surface area contributed by atoms with Crippen molar-refractivity contribution in [2.24, 2.45) is 5.73 Å². The largest absolute Gasteiger partial charge is 0.353 e. The Hall–Kier alpha value is -0.610. The lowest BCUT2D eigenvalue weighted by molar-refractivity contribution is -0.120. The van der Waals surface area contributed by atoms with E-state index in [1.165, 1.54) is 0 Å². The molecule has 72 valence electrons. The molecule has 0 rings (SSSR count). The number of hydrogen-bond acceptors (Lipinski definition) is 3. The summed E-state index contributed by atoms with van der Waals surface area (Å²) in [6.07, 6.45) is 2.06. The van der Waals surface area contributed by atoms with Crippen molar-refractivity contribution in [2.45, 2.75) is 25.8 Å². The third-order valence-corrected chi connectivity index (χ3v) is 1.66. The molecule has 1 atom stereocenters. The molecule has 0 spiro atoms. The van der Waals surface area contributed by atoms with Gasteiger partial charge in [-0.05, 0) is 33.4 Å². The molecule has 0 bridgehead atoms. The summed E-state index contributed by atoms with van der Waals surface area (Å²) < 4.78 is 0. The molecule has 4 N–H and O–H groups in total. The van der Waals surface area contributed by atoms with E-state index in [2.05, 4.69) is 10.6 Å². The molecule has 0 heterocycles. The van der Waals surface area contributed by atoms with Gasteiger partial charge in [0.1, 0.15) is 0 Å². The predicted octanol–water partition coefficient (Wildman–Crippen LogP) is -0.551. The topological polar surface area (TPSA) is 67.1 Å². The highest BCUT2D eigenvalue weighted by Gasteiger charge is 2.03. The fourth-order valence-electron chi connectivity index (χ4n) is 0.991. The van der Waals surface area contributed by atoms with Gasteiger partial charge < -0.3 is 16.4 Å². The number of amides is 1. The third-order valence-electron chi connectivity index (χ3n) is 1.66. The Morgan fingerprint density at radius 3 is 2.75 bits per heavy atom. The summed E-state index contributed by atoms with van der Waals surface area (Å²) in [6, 6.07) is 0.231. The van der Waals surface area contributed by atoms with Gasteiger partial charge in [0.15, 0.2) is 0 Å². The summed E-state index contributed by atoms with van der Waals surface area (Å²) in [5.74, 6) is -0.0769. The highest BCUT2D eigenvalue weighted by molar-refractivity contribution is 5.77. The minimum absolute atomic E-state index is 0.0769. The molecule has 0 fully saturated rings. The molecular formula is C8H19N3O. The summed E-state index contributed by atoms with van der Waals surface area (Å²) in [5, 5.41) is 5.85. The Morgan fingerprint density at radius 2 is 2.25 bits per heavy atom. The maximum atomic E-state index is 10.8. The van der Waals surface area contributed by atoms with Crippen LogP contribution in [0.25, 0.3) is 0 Å². The molecule has 4 nitrogen and oxygen atoms in total. The van der Waals surface area contributed by atoms with Crippen LogP contribution >= 0.6 is 0 Å². The quantitative estimate of drug-likeness (QED) is 0.472. The first-order valence-corrected chi connectivity index (χ1v) is 4.34. The average molecular weight is 173 g/mol. The van der Waals surface area contributed by atoms with Crippen molar-refractivity contribution in [3.63, 3.8) is 0 Å². The van der Waals surface area contributed by atoms with Crippen molar-refractivity contribution in [1.82, 2.24) is 10.6 Å². The monoisotopic (exact) mass is 173 g/mol. The van der Waals surface area contributed by atoms with Gasteiger partial charge >= 0.3 is 0 Å². The van der Waals surface area contributed by atoms with Gasteiger partial charge in [0.25, 0.3) is 0 Å². The van der Waals surface area contributed by atoms with E-state index in [0.717, 1.165) is 19.4 Å². The third kappa shape index (κ3) is 6.12. The van der Waals surface area contributed by atoms with Gasteiger partial charge in [-0.15, -0.1) is 0 Å². The van der Waals surface area contributed by atoms with Crippen molar-refractivity contribution in [3.8, 4) is 0 Å². The van der Waals surface area contributed by atoms with Crippen LogP contribution in [0.2, 0.25) is 0 Å². The summed E-state index contributed by atoms with van der Waals surface area (Å²) in [5.41, 5.74) is 5.15. The lowest BCUT2D eigenvalue weighted by atomic mass is 10.2. The highest BCUT2D eigenvalue weighted by Crippen LogP contribution is 1.94. The standard InChI is InChI=1S/C8H19N3O/c1-7(4-3-5-10-2)11-8(12)6-9/h7,10H,3-6,9H2,1-2H3,(H,11,12)/t7-/m1/s1. The van der Waals surface area contributed by atoms with Gasteiger partial charge in [-0.1, -0.05) is 0 Å². The Kier molecular flexibility index (Phi) is 6.70. The molecular weight excluding hydrogens is 154 g/mol. The number of hydrogen-bond donors (Lipinski definition) is 3. The maximum Gasteiger partial charge on any atom is 0.233 e. The van der Waals surface area contributed by atoms with Crippen molar-refractivity contribution in [1.29, 1.82) is 0 Å². The highest BCUT2D eigenvalue weighted by atomic mass is 16.1. The van der Waals surface area contributed by atoms with E-state index in [1.807, 2.05) is 14.0 Å². The molecule has 0 radical (unpaired) electrons. The van der Waals surface area contributed by atoms with Crippen LogP contribution in [0.15, 0.2) is 0 Å². The summed E-state index contributed by atoms with van der Waals surface area (Å²) >= 11 is 0. The maximum absolute atomic E-state index is 10.8. The number of carbonyl (C=O) groups excluding carboxylic acids is 1. The minimum Gasteiger partial charge on any atom is -0.353 e. The second-order valence-electron chi connectivity index (χ2n) is 2.92. The van der Waals surface area contributed by atoms with E-state index in [1.54, 1.807) is 0 Å². The van der Waals surface area contributed by atoms with Gasteiger partial charge in [0, 0.05) is 6.04 Å². The van der Waals surface area contributed by atoms with E-state index in [-0.39, 0.29) is 18.5 Å². The van der Waals surface area contributed by atoms with Crippen molar-refractivity contribution in [3.05, 3.63) is 0 Å². The van der Waals surface area contributed by atoms with Crippen molar-refractivity contribution in [2.75, 3.05) is 20.1 Å². The first-order chi connectivity index (χ1) is 5.70. The molecule has 12 heavy (non-hydrogen) atoms. The minimum atomic E-state index is -0.0769. The van der Waals surface area contributed by atoms with Crippen molar-refractivity contribution >= 4 is 5.91 Å². The number of nitrogens with one attached hydrogen (secondary N) is 2. The van der Waals surface area contributed by atoms with E-state index in [0.29, 0.717) is 0 Å². The van der Waals surface area contributed by atoms with Crippen LogP contribution in [-0.2, 0) is 4.79 Å². The summed E-state index contributed by atoms with van der Waals surface area (Å²) in [6.45, 7) is 3.06. The number of carbonyl (C=O) groups is 1. The zero-order valence-corrected chi connectivity index (χ0v) is 7.89. The van der Waals surface area contributed by atoms with E-state index in [9.17, 15) is 4.79 Å². The Bertz CT molecular complexity index is 127. The van der Waals surface area contributed by atoms with Crippen molar-refractivity contribution < 1.29 is 4.79 Å². The molecule has 0 aromatic carbocycles. The van der Waals surface area contributed by atoms with Gasteiger partial charge in [0.2, 0.25) is 5.91 Å². The Labute approximate surface area is 73.9 Å². The first-order valence-electron chi connectivity index (χ1n) is 4.34. The van der Waals surface area contributed by atoms with Crippen LogP contribution in [0.5, 0.6) is 0 Å². The molecule has 0 unspecified atom stereocenters. The average Bonchev–Trinajstić information content (AvgIpc) is 2.05. The molecule has 0 aliphatic rings. The van der Waals surface area contributed by atoms with E-state index in [4.69, 9.17) is 5.73 Å². The van der Waals surface area contributed by atoms with E-state index < -0.39 is 0 Å². The summed E-state index contributed by atoms with van der Waals surface area (Å²) in [7, 11) is 1.92. The predicted molar refractivity (Wildman–Crippen MR) is 49.8 cm³/mol.